The number of hydrogen-bond acceptors (Lipinski definition) is 6. The summed E-state index contributed by atoms with van der Waals surface area (Å²) >= 11 is 1.69. The summed E-state index contributed by atoms with van der Waals surface area (Å²) in [5.41, 5.74) is 1.75. The van der Waals surface area contributed by atoms with Gasteiger partial charge in [0.2, 0.25) is 0 Å². The topological polar surface area (TPSA) is 73.1 Å². The lowest BCUT2D eigenvalue weighted by atomic mass is 9.84. The zero-order valence-electron chi connectivity index (χ0n) is 16.9. The van der Waals surface area contributed by atoms with E-state index in [9.17, 15) is 5.11 Å². The van der Waals surface area contributed by atoms with Crippen molar-refractivity contribution < 1.29 is 9.84 Å². The van der Waals surface area contributed by atoms with Gasteiger partial charge >= 0.3 is 0 Å². The molecule has 1 N–H and O–H groups in total. The summed E-state index contributed by atoms with van der Waals surface area (Å²) < 4.78 is 9.14. The average Bonchev–Trinajstić information content (AvgIpc) is 3.35. The number of nitrogens with zero attached hydrogens (tertiary/aromatic N) is 4. The highest BCUT2D eigenvalue weighted by atomic mass is 32.1. The van der Waals surface area contributed by atoms with E-state index in [1.165, 1.54) is 6.42 Å². The van der Waals surface area contributed by atoms with Crippen molar-refractivity contribution in [3.63, 3.8) is 0 Å². The molecule has 4 aromatic rings. The van der Waals surface area contributed by atoms with Crippen LogP contribution in [0, 0.1) is 5.92 Å². The molecular formula is C23H24N4O2S. The molecule has 1 saturated carbocycles. The van der Waals surface area contributed by atoms with E-state index in [0.29, 0.717) is 5.92 Å². The van der Waals surface area contributed by atoms with Crippen molar-refractivity contribution in [2.24, 2.45) is 13.0 Å². The first-order valence-corrected chi connectivity index (χ1v) is 11.2. The SMILES string of the molecule is Cn1ccnc1-c1cc(Oc2ccc3nc(C[C@@H]4CCCC[C@H]4O)sc3c2)ccn1. The number of aliphatic hydroxyl groups excluding tert-OH is 1. The van der Waals surface area contributed by atoms with Crippen molar-refractivity contribution in [2.45, 2.75) is 38.2 Å². The summed E-state index contributed by atoms with van der Waals surface area (Å²) in [7, 11) is 1.94. The van der Waals surface area contributed by atoms with Gasteiger partial charge < -0.3 is 14.4 Å². The molecule has 154 valence electrons. The number of hydrogen-bond donors (Lipinski definition) is 1. The molecule has 0 amide bonds. The van der Waals surface area contributed by atoms with E-state index in [2.05, 4.69) is 9.97 Å². The molecule has 0 aliphatic heterocycles. The minimum atomic E-state index is -0.191. The molecule has 0 radical (unpaired) electrons. The fraction of sp³-hybridized carbons (Fsp3) is 0.348. The Morgan fingerprint density at radius 3 is 2.80 bits per heavy atom. The Bertz CT molecular complexity index is 1170. The molecular weight excluding hydrogens is 396 g/mol. The number of aromatic nitrogens is 4. The van der Waals surface area contributed by atoms with Crippen molar-refractivity contribution in [1.82, 2.24) is 19.5 Å². The van der Waals surface area contributed by atoms with E-state index in [4.69, 9.17) is 9.72 Å². The molecule has 1 aliphatic carbocycles. The smallest absolute Gasteiger partial charge is 0.158 e. The van der Waals surface area contributed by atoms with Gasteiger partial charge in [0, 0.05) is 44.2 Å². The highest BCUT2D eigenvalue weighted by molar-refractivity contribution is 7.18. The molecule has 0 bridgehead atoms. The van der Waals surface area contributed by atoms with E-state index in [0.717, 1.165) is 63.9 Å². The van der Waals surface area contributed by atoms with Gasteiger partial charge in [-0.1, -0.05) is 12.8 Å². The lowest BCUT2D eigenvalue weighted by molar-refractivity contribution is 0.0700. The molecule has 0 saturated heterocycles. The fourth-order valence-electron chi connectivity index (χ4n) is 4.10. The van der Waals surface area contributed by atoms with Gasteiger partial charge in [0.05, 0.1) is 21.3 Å². The van der Waals surface area contributed by atoms with E-state index in [1.54, 1.807) is 23.7 Å². The quantitative estimate of drug-likeness (QED) is 0.493. The monoisotopic (exact) mass is 420 g/mol. The number of fused-ring (bicyclic) bond motifs is 1. The molecule has 3 heterocycles. The van der Waals surface area contributed by atoms with Crippen molar-refractivity contribution in [3.8, 4) is 23.0 Å². The third kappa shape index (κ3) is 3.95. The highest BCUT2D eigenvalue weighted by Crippen LogP contribution is 2.33. The molecule has 3 aromatic heterocycles. The summed E-state index contributed by atoms with van der Waals surface area (Å²) in [5.74, 6) is 2.62. The van der Waals surface area contributed by atoms with Crippen LogP contribution in [0.4, 0.5) is 0 Å². The van der Waals surface area contributed by atoms with Gasteiger partial charge in [-0.05, 0) is 37.0 Å². The minimum absolute atomic E-state index is 0.191. The van der Waals surface area contributed by atoms with Crippen molar-refractivity contribution in [2.75, 3.05) is 0 Å². The summed E-state index contributed by atoms with van der Waals surface area (Å²) in [4.78, 5) is 13.5. The van der Waals surface area contributed by atoms with Gasteiger partial charge in [-0.25, -0.2) is 9.97 Å². The number of pyridine rings is 1. The molecule has 2 atom stereocenters. The van der Waals surface area contributed by atoms with Crippen LogP contribution >= 0.6 is 11.3 Å². The number of aliphatic hydroxyl groups is 1. The summed E-state index contributed by atoms with van der Waals surface area (Å²) in [6, 6.07) is 9.73. The van der Waals surface area contributed by atoms with Crippen molar-refractivity contribution in [3.05, 3.63) is 53.9 Å². The Labute approximate surface area is 179 Å². The summed E-state index contributed by atoms with van der Waals surface area (Å²) in [5, 5.41) is 11.4. The average molecular weight is 421 g/mol. The first kappa shape index (κ1) is 19.2. The Kier molecular flexibility index (Phi) is 5.23. The lowest BCUT2D eigenvalue weighted by Gasteiger charge is -2.26. The molecule has 1 fully saturated rings. The second-order valence-corrected chi connectivity index (χ2v) is 9.01. The molecule has 7 heteroatoms. The predicted octanol–water partition coefficient (Wildman–Crippen LogP) is 4.98. The minimum Gasteiger partial charge on any atom is -0.457 e. The normalized spacial score (nSPS) is 19.3. The summed E-state index contributed by atoms with van der Waals surface area (Å²) in [6.07, 6.45) is 10.4. The van der Waals surface area contributed by atoms with Gasteiger partial charge in [-0.2, -0.15) is 0 Å². The van der Waals surface area contributed by atoms with Crippen LogP contribution in [0.5, 0.6) is 11.5 Å². The molecule has 6 nitrogen and oxygen atoms in total. The second-order valence-electron chi connectivity index (χ2n) is 7.89. The maximum absolute atomic E-state index is 10.3. The van der Waals surface area contributed by atoms with Gasteiger partial charge in [0.1, 0.15) is 17.2 Å². The van der Waals surface area contributed by atoms with Crippen LogP contribution in [-0.4, -0.2) is 30.7 Å². The Balaban J connectivity index is 1.35. The molecule has 0 unspecified atom stereocenters. The Hall–Kier alpha value is -2.77. The van der Waals surface area contributed by atoms with Crippen LogP contribution in [0.3, 0.4) is 0 Å². The predicted molar refractivity (Wildman–Crippen MR) is 118 cm³/mol. The zero-order chi connectivity index (χ0) is 20.5. The van der Waals surface area contributed by atoms with Crippen LogP contribution < -0.4 is 4.74 Å². The number of imidazole rings is 1. The van der Waals surface area contributed by atoms with Gasteiger partial charge in [0.25, 0.3) is 0 Å². The number of thiazole rings is 1. The highest BCUT2D eigenvalue weighted by Gasteiger charge is 2.24. The lowest BCUT2D eigenvalue weighted by Crippen LogP contribution is -2.26. The van der Waals surface area contributed by atoms with Crippen LogP contribution in [0.15, 0.2) is 48.9 Å². The molecule has 30 heavy (non-hydrogen) atoms. The number of aryl methyl sites for hydroxylation is 1. The van der Waals surface area contributed by atoms with Gasteiger partial charge in [-0.15, -0.1) is 11.3 Å². The van der Waals surface area contributed by atoms with E-state index in [1.807, 2.05) is 48.1 Å². The number of ether oxygens (including phenoxy) is 1. The molecule has 0 spiro atoms. The third-order valence-electron chi connectivity index (χ3n) is 5.73. The zero-order valence-corrected chi connectivity index (χ0v) is 17.7. The third-order valence-corrected chi connectivity index (χ3v) is 6.77. The van der Waals surface area contributed by atoms with Gasteiger partial charge in [-0.3, -0.25) is 4.98 Å². The van der Waals surface area contributed by atoms with E-state index < -0.39 is 0 Å². The second kappa shape index (κ2) is 8.16. The van der Waals surface area contributed by atoms with E-state index in [-0.39, 0.29) is 6.10 Å². The van der Waals surface area contributed by atoms with Gasteiger partial charge in [0.15, 0.2) is 5.82 Å². The van der Waals surface area contributed by atoms with Crippen LogP contribution in [0.2, 0.25) is 0 Å². The van der Waals surface area contributed by atoms with Crippen molar-refractivity contribution in [1.29, 1.82) is 0 Å². The van der Waals surface area contributed by atoms with Crippen LogP contribution in [-0.2, 0) is 13.5 Å². The van der Waals surface area contributed by atoms with E-state index >= 15 is 0 Å². The maximum atomic E-state index is 10.3. The van der Waals surface area contributed by atoms with Crippen LogP contribution in [0.25, 0.3) is 21.7 Å². The fourth-order valence-corrected chi connectivity index (χ4v) is 5.19. The largest absolute Gasteiger partial charge is 0.457 e. The maximum Gasteiger partial charge on any atom is 0.158 e. The molecule has 5 rings (SSSR count). The standard InChI is InChI=1S/C23H24N4O2S/c1-27-11-10-25-23(27)19-13-17(8-9-24-19)29-16-6-7-18-21(14-16)30-22(26-18)12-15-4-2-3-5-20(15)28/h6-11,13-15,20,28H,2-5,12H2,1H3/t15-,20+/m0/s1. The summed E-state index contributed by atoms with van der Waals surface area (Å²) in [6.45, 7) is 0. The molecule has 1 aromatic carbocycles. The Morgan fingerprint density at radius 2 is 1.97 bits per heavy atom. The van der Waals surface area contributed by atoms with Crippen molar-refractivity contribution >= 4 is 21.6 Å². The first-order chi connectivity index (χ1) is 14.7. The first-order valence-electron chi connectivity index (χ1n) is 10.3. The van der Waals surface area contributed by atoms with Crippen LogP contribution in [0.1, 0.15) is 30.7 Å². The number of benzene rings is 1. The number of rotatable bonds is 5. The Morgan fingerprint density at radius 1 is 1.10 bits per heavy atom. The molecule has 1 aliphatic rings.